The Balaban J connectivity index is 1.51. The van der Waals surface area contributed by atoms with E-state index in [-0.39, 0.29) is 23.4 Å². The number of carbonyl (C=O) groups is 1. The summed E-state index contributed by atoms with van der Waals surface area (Å²) >= 11 is 0. The molecule has 0 bridgehead atoms. The lowest BCUT2D eigenvalue weighted by Crippen LogP contribution is -2.32. The van der Waals surface area contributed by atoms with Crippen LogP contribution in [0.4, 0.5) is 0 Å². The normalized spacial score (nSPS) is 17.6. The fourth-order valence-electron chi connectivity index (χ4n) is 6.19. The van der Waals surface area contributed by atoms with Crippen molar-refractivity contribution in [3.63, 3.8) is 0 Å². The summed E-state index contributed by atoms with van der Waals surface area (Å²) in [6.45, 7) is 12.9. The Hall–Kier alpha value is -3.51. The molecule has 4 nitrogen and oxygen atoms in total. The molecule has 0 aromatic heterocycles. The first-order chi connectivity index (χ1) is 22.3. The van der Waals surface area contributed by atoms with Gasteiger partial charge in [0.25, 0.3) is 0 Å². The average Bonchev–Trinajstić information content (AvgIpc) is 3.05. The molecule has 1 fully saturated rings. The quantitative estimate of drug-likeness (QED) is 0.0486. The van der Waals surface area contributed by atoms with E-state index in [0.29, 0.717) is 38.4 Å². The van der Waals surface area contributed by atoms with Crippen LogP contribution < -0.4 is 0 Å². The van der Waals surface area contributed by atoms with Crippen molar-refractivity contribution in [1.82, 2.24) is 0 Å². The molecule has 0 heterocycles. The van der Waals surface area contributed by atoms with Gasteiger partial charge in [-0.1, -0.05) is 141 Å². The Morgan fingerprint density at radius 1 is 0.804 bits per heavy atom. The molecule has 4 rings (SSSR count). The maximum absolute atomic E-state index is 13.8. The second kappa shape index (κ2) is 18.0. The van der Waals surface area contributed by atoms with E-state index in [1.165, 1.54) is 5.56 Å². The molecule has 0 unspecified atom stereocenters. The molecular formula is C41H52O4Si. The van der Waals surface area contributed by atoms with E-state index in [0.717, 1.165) is 43.2 Å². The fraction of sp³-hybridized carbons (Fsp3) is 0.390. The zero-order valence-electron chi connectivity index (χ0n) is 28.0. The maximum atomic E-state index is 13.8. The van der Waals surface area contributed by atoms with Crippen molar-refractivity contribution >= 4 is 14.0 Å². The second-order valence-electron chi connectivity index (χ2n) is 13.8. The van der Waals surface area contributed by atoms with E-state index in [1.807, 2.05) is 54.6 Å². The minimum atomic E-state index is -1.74. The molecule has 2 atom stereocenters. The van der Waals surface area contributed by atoms with E-state index in [9.17, 15) is 4.79 Å². The van der Waals surface area contributed by atoms with Crippen LogP contribution in [0.1, 0.15) is 61.1 Å². The van der Waals surface area contributed by atoms with Crippen molar-refractivity contribution in [1.29, 1.82) is 0 Å². The fourth-order valence-corrected chi connectivity index (χ4v) is 7.34. The monoisotopic (exact) mass is 636 g/mol. The van der Waals surface area contributed by atoms with Crippen LogP contribution >= 0.6 is 0 Å². The lowest BCUT2D eigenvalue weighted by molar-refractivity contribution is -0.146. The van der Waals surface area contributed by atoms with Gasteiger partial charge in [0, 0.05) is 11.3 Å². The summed E-state index contributed by atoms with van der Waals surface area (Å²) in [4.78, 5) is 13.8. The second-order valence-corrected chi connectivity index (χ2v) is 18.8. The number of carbonyl (C=O) groups excluding carboxylic acids is 1. The van der Waals surface area contributed by atoms with Crippen molar-refractivity contribution in [2.45, 2.75) is 83.4 Å². The summed E-state index contributed by atoms with van der Waals surface area (Å²) in [5.74, 6) is 0.0151. The van der Waals surface area contributed by atoms with Gasteiger partial charge in [-0.3, -0.25) is 0 Å². The Labute approximate surface area is 278 Å². The Bertz CT molecular complexity index is 1350. The highest BCUT2D eigenvalue weighted by Gasteiger charge is 2.32. The third-order valence-corrected chi connectivity index (χ3v) is 9.66. The molecule has 0 aliphatic heterocycles. The topological polar surface area (TPSA) is 44.8 Å². The third-order valence-electron chi connectivity index (χ3n) is 8.48. The minimum Gasteiger partial charge on any atom is -0.458 e. The molecule has 1 aliphatic carbocycles. The van der Waals surface area contributed by atoms with Crippen LogP contribution in [0.3, 0.4) is 0 Å². The molecule has 46 heavy (non-hydrogen) atoms. The summed E-state index contributed by atoms with van der Waals surface area (Å²) in [5, 5.41) is 0. The van der Waals surface area contributed by atoms with Crippen LogP contribution in [0, 0.1) is 5.41 Å². The van der Waals surface area contributed by atoms with Crippen LogP contribution in [0.15, 0.2) is 127 Å². The average molecular weight is 637 g/mol. The number of benzene rings is 3. The summed E-state index contributed by atoms with van der Waals surface area (Å²) < 4.78 is 19.0. The van der Waals surface area contributed by atoms with Crippen LogP contribution in [0.25, 0.3) is 0 Å². The van der Waals surface area contributed by atoms with Gasteiger partial charge < -0.3 is 14.2 Å². The van der Waals surface area contributed by atoms with Crippen LogP contribution in [-0.4, -0.2) is 33.4 Å². The van der Waals surface area contributed by atoms with E-state index in [1.54, 1.807) is 0 Å². The molecule has 0 radical (unpaired) electrons. The van der Waals surface area contributed by atoms with Crippen molar-refractivity contribution in [2.75, 3.05) is 13.2 Å². The summed E-state index contributed by atoms with van der Waals surface area (Å²) in [5.41, 5.74) is 6.01. The molecular weight excluding hydrogens is 585 g/mol. The van der Waals surface area contributed by atoms with E-state index < -0.39 is 8.07 Å². The van der Waals surface area contributed by atoms with Gasteiger partial charge in [-0.25, -0.2) is 4.79 Å². The highest BCUT2D eigenvalue weighted by Crippen LogP contribution is 2.36. The molecule has 3 aromatic rings. The maximum Gasteiger partial charge on any atom is 0.337 e. The Morgan fingerprint density at radius 3 is 1.89 bits per heavy atom. The van der Waals surface area contributed by atoms with Gasteiger partial charge in [0.05, 0.1) is 40.1 Å². The van der Waals surface area contributed by atoms with Crippen molar-refractivity contribution in [3.8, 4) is 0 Å². The highest BCUT2D eigenvalue weighted by atomic mass is 28.3. The smallest absolute Gasteiger partial charge is 0.337 e. The first-order valence-electron chi connectivity index (χ1n) is 16.8. The van der Waals surface area contributed by atoms with Gasteiger partial charge in [0.1, 0.15) is 6.10 Å². The van der Waals surface area contributed by atoms with E-state index in [2.05, 4.69) is 86.5 Å². The Morgan fingerprint density at radius 2 is 1.35 bits per heavy atom. The van der Waals surface area contributed by atoms with Crippen molar-refractivity contribution in [3.05, 3.63) is 144 Å². The molecule has 0 saturated heterocycles. The molecule has 5 heteroatoms. The zero-order valence-corrected chi connectivity index (χ0v) is 29.0. The minimum absolute atomic E-state index is 0.111. The van der Waals surface area contributed by atoms with Crippen LogP contribution in [-0.2, 0) is 32.2 Å². The molecule has 1 aliphatic rings. The lowest BCUT2D eigenvalue weighted by atomic mass is 9.81. The van der Waals surface area contributed by atoms with Gasteiger partial charge in [0.2, 0.25) is 0 Å². The largest absolute Gasteiger partial charge is 0.458 e. The zero-order chi connectivity index (χ0) is 32.7. The molecule has 3 aromatic carbocycles. The van der Waals surface area contributed by atoms with Gasteiger partial charge in [-0.15, -0.1) is 6.58 Å². The number of rotatable bonds is 17. The van der Waals surface area contributed by atoms with Crippen molar-refractivity contribution < 1.29 is 19.0 Å². The van der Waals surface area contributed by atoms with Gasteiger partial charge >= 0.3 is 5.97 Å². The predicted octanol–water partition coefficient (Wildman–Crippen LogP) is 10.0. The van der Waals surface area contributed by atoms with Gasteiger partial charge in [-0.05, 0) is 48.8 Å². The van der Waals surface area contributed by atoms with E-state index >= 15 is 0 Å². The summed E-state index contributed by atoms with van der Waals surface area (Å²) in [7, 11) is -1.74. The van der Waals surface area contributed by atoms with Crippen LogP contribution in [0.5, 0.6) is 0 Å². The molecule has 244 valence electrons. The van der Waals surface area contributed by atoms with Crippen molar-refractivity contribution in [2.24, 2.45) is 5.41 Å². The van der Waals surface area contributed by atoms with E-state index in [4.69, 9.17) is 14.2 Å². The Kier molecular flexibility index (Phi) is 13.8. The first kappa shape index (κ1) is 35.3. The predicted molar refractivity (Wildman–Crippen MR) is 192 cm³/mol. The summed E-state index contributed by atoms with van der Waals surface area (Å²) in [6, 6.07) is 31.0. The van der Waals surface area contributed by atoms with Gasteiger partial charge in [0.15, 0.2) is 0 Å². The molecule has 0 amide bonds. The van der Waals surface area contributed by atoms with Crippen LogP contribution in [0.2, 0.25) is 19.6 Å². The molecule has 0 N–H and O–H groups in total. The number of ether oxygens (including phenoxy) is 3. The SMILES string of the molecule is C=CCC(C/C=C/C(=C/[Si](C)(C)C)C(=O)O[C@H]1CCCC[C@@H]1c1ccccc1)(COCc1ccccc1)COCc1ccccc1. The number of esters is 1. The number of hydrogen-bond acceptors (Lipinski definition) is 4. The number of allylic oxidation sites excluding steroid dienone is 2. The molecule has 0 spiro atoms. The van der Waals surface area contributed by atoms with Gasteiger partial charge in [-0.2, -0.15) is 0 Å². The third kappa shape index (κ3) is 11.7. The standard InChI is InChI=1S/C41H52O4Si/c1-5-27-41(32-43-29-34-18-9-6-10-19-34,33-44-30-35-20-11-7-12-21-35)28-17-24-37(31-46(2,3)4)40(42)45-39-26-16-15-25-38(39)36-22-13-8-14-23-36/h5-14,17-24,31,38-39H,1,15-16,25-30,32-33H2,2-4H3/b24-17+,37-31-/t38-,39+/m1/s1. The highest BCUT2D eigenvalue weighted by molar-refractivity contribution is 6.81. The molecule has 1 saturated carbocycles. The first-order valence-corrected chi connectivity index (χ1v) is 20.3. The number of hydrogen-bond donors (Lipinski definition) is 0. The lowest BCUT2D eigenvalue weighted by Gasteiger charge is -2.32. The summed E-state index contributed by atoms with van der Waals surface area (Å²) in [6.07, 6.45) is 11.5.